The Labute approximate surface area is 346 Å². The van der Waals surface area contributed by atoms with Gasteiger partial charge in [-0.05, 0) is 127 Å². The highest BCUT2D eigenvalue weighted by molar-refractivity contribution is 6.00. The molecule has 0 radical (unpaired) electrons. The van der Waals surface area contributed by atoms with Gasteiger partial charge in [-0.25, -0.2) is 0 Å². The third-order valence-electron chi connectivity index (χ3n) is 11.2. The fourth-order valence-corrected chi connectivity index (χ4v) is 8.35. The topological polar surface area (TPSA) is 3.24 Å². The summed E-state index contributed by atoms with van der Waals surface area (Å²) in [5.41, 5.74) is 17.5. The summed E-state index contributed by atoms with van der Waals surface area (Å²) in [6.45, 7) is 0. The molecular weight excluding hydrogens is 711 g/mol. The summed E-state index contributed by atoms with van der Waals surface area (Å²) < 4.78 is 0. The number of nitrogens with zero attached hydrogens (tertiary/aromatic N) is 1. The lowest BCUT2D eigenvalue weighted by Crippen LogP contribution is -2.11. The molecule has 0 aromatic heterocycles. The van der Waals surface area contributed by atoms with Crippen molar-refractivity contribution >= 4 is 27.8 Å². The molecule has 0 fully saturated rings. The maximum atomic E-state index is 2.40. The summed E-state index contributed by atoms with van der Waals surface area (Å²) in [5.74, 6) is 0. The molecule has 0 bridgehead atoms. The minimum absolute atomic E-state index is 1.09. The molecular formula is C58H41N. The standard InChI is InChI=1S/C58H41N/c1-6-18-42(19-7-1)51-40-55(46-23-10-3-11-24-46)58(56(41-51)47-25-12-4-13-26-47)50-34-37-57(54(39-50)45-21-8-2-9-22-45)59(52-28-14-5-15-29-52)53-35-32-44(33-36-53)49-31-30-43-20-16-17-27-48(43)38-49/h1-41H. The van der Waals surface area contributed by atoms with Crippen molar-refractivity contribution in [3.05, 3.63) is 249 Å². The van der Waals surface area contributed by atoms with E-state index in [-0.39, 0.29) is 0 Å². The van der Waals surface area contributed by atoms with Gasteiger partial charge in [0.15, 0.2) is 0 Å². The molecule has 0 amide bonds. The number of hydrogen-bond acceptors (Lipinski definition) is 1. The Bertz CT molecular complexity index is 2930. The van der Waals surface area contributed by atoms with Crippen LogP contribution in [0.25, 0.3) is 77.5 Å². The van der Waals surface area contributed by atoms with Crippen LogP contribution in [-0.2, 0) is 0 Å². The monoisotopic (exact) mass is 751 g/mol. The molecule has 10 aromatic rings. The average Bonchev–Trinajstić information content (AvgIpc) is 3.33. The first-order chi connectivity index (χ1) is 29.3. The van der Waals surface area contributed by atoms with Crippen molar-refractivity contribution in [3.8, 4) is 66.8 Å². The Morgan fingerprint density at radius 3 is 1.20 bits per heavy atom. The highest BCUT2D eigenvalue weighted by Gasteiger charge is 2.22. The van der Waals surface area contributed by atoms with Crippen LogP contribution in [0.4, 0.5) is 17.1 Å². The van der Waals surface area contributed by atoms with Crippen molar-refractivity contribution in [1.29, 1.82) is 0 Å². The fraction of sp³-hybridized carbons (Fsp3) is 0. The molecule has 10 aromatic carbocycles. The summed E-state index contributed by atoms with van der Waals surface area (Å²) in [6.07, 6.45) is 0. The second kappa shape index (κ2) is 16.0. The molecule has 0 aliphatic carbocycles. The molecule has 0 unspecified atom stereocenters. The lowest BCUT2D eigenvalue weighted by Gasteiger charge is -2.29. The van der Waals surface area contributed by atoms with Crippen LogP contribution in [0.3, 0.4) is 0 Å². The molecule has 0 heterocycles. The predicted octanol–water partition coefficient (Wildman–Crippen LogP) is 16.3. The van der Waals surface area contributed by atoms with E-state index in [1.165, 1.54) is 60.8 Å². The molecule has 0 atom stereocenters. The highest BCUT2D eigenvalue weighted by Crippen LogP contribution is 2.47. The number of para-hydroxylation sites is 1. The minimum Gasteiger partial charge on any atom is -0.310 e. The quantitative estimate of drug-likeness (QED) is 0.142. The van der Waals surface area contributed by atoms with Gasteiger partial charge in [0, 0.05) is 16.9 Å². The average molecular weight is 752 g/mol. The Morgan fingerprint density at radius 2 is 0.627 bits per heavy atom. The molecule has 278 valence electrons. The van der Waals surface area contributed by atoms with Gasteiger partial charge in [-0.15, -0.1) is 0 Å². The van der Waals surface area contributed by atoms with Crippen LogP contribution in [0, 0.1) is 0 Å². The molecule has 0 aliphatic rings. The fourth-order valence-electron chi connectivity index (χ4n) is 8.35. The molecule has 0 saturated carbocycles. The van der Waals surface area contributed by atoms with Crippen LogP contribution < -0.4 is 4.90 Å². The number of anilines is 3. The van der Waals surface area contributed by atoms with E-state index in [1.807, 2.05) is 0 Å². The van der Waals surface area contributed by atoms with E-state index >= 15 is 0 Å². The molecule has 10 rings (SSSR count). The Hall–Kier alpha value is -7.74. The molecule has 1 nitrogen and oxygen atoms in total. The zero-order chi connectivity index (χ0) is 39.4. The van der Waals surface area contributed by atoms with Gasteiger partial charge >= 0.3 is 0 Å². The van der Waals surface area contributed by atoms with Crippen molar-refractivity contribution < 1.29 is 0 Å². The number of benzene rings is 10. The van der Waals surface area contributed by atoms with Gasteiger partial charge in [-0.3, -0.25) is 0 Å². The van der Waals surface area contributed by atoms with Crippen LogP contribution in [0.2, 0.25) is 0 Å². The van der Waals surface area contributed by atoms with Crippen LogP contribution in [0.5, 0.6) is 0 Å². The molecule has 0 saturated heterocycles. The van der Waals surface area contributed by atoms with Crippen LogP contribution >= 0.6 is 0 Å². The maximum Gasteiger partial charge on any atom is 0.0540 e. The first-order valence-corrected chi connectivity index (χ1v) is 20.3. The number of hydrogen-bond donors (Lipinski definition) is 0. The highest BCUT2D eigenvalue weighted by atomic mass is 15.1. The van der Waals surface area contributed by atoms with E-state index in [0.717, 1.165) is 33.8 Å². The van der Waals surface area contributed by atoms with Gasteiger partial charge in [0.25, 0.3) is 0 Å². The molecule has 0 aliphatic heterocycles. The predicted molar refractivity (Wildman–Crippen MR) is 251 cm³/mol. The molecule has 0 N–H and O–H groups in total. The largest absolute Gasteiger partial charge is 0.310 e. The normalized spacial score (nSPS) is 11.1. The van der Waals surface area contributed by atoms with Crippen LogP contribution in [0.1, 0.15) is 0 Å². The first-order valence-electron chi connectivity index (χ1n) is 20.3. The lowest BCUT2D eigenvalue weighted by atomic mass is 9.83. The molecule has 1 heteroatoms. The second-order valence-electron chi connectivity index (χ2n) is 14.9. The van der Waals surface area contributed by atoms with Gasteiger partial charge in [0.2, 0.25) is 0 Å². The van der Waals surface area contributed by atoms with Crippen LogP contribution in [-0.4, -0.2) is 0 Å². The zero-order valence-electron chi connectivity index (χ0n) is 32.6. The third kappa shape index (κ3) is 7.23. The van der Waals surface area contributed by atoms with Gasteiger partial charge in [-0.2, -0.15) is 0 Å². The van der Waals surface area contributed by atoms with E-state index in [4.69, 9.17) is 0 Å². The van der Waals surface area contributed by atoms with Crippen molar-refractivity contribution in [2.75, 3.05) is 4.90 Å². The van der Waals surface area contributed by atoms with Crippen LogP contribution in [0.15, 0.2) is 249 Å². The molecule has 59 heavy (non-hydrogen) atoms. The maximum absolute atomic E-state index is 2.40. The van der Waals surface area contributed by atoms with Gasteiger partial charge < -0.3 is 4.90 Å². The van der Waals surface area contributed by atoms with Gasteiger partial charge in [0.05, 0.1) is 5.69 Å². The number of fused-ring (bicyclic) bond motifs is 1. The van der Waals surface area contributed by atoms with E-state index in [2.05, 4.69) is 254 Å². The lowest BCUT2D eigenvalue weighted by molar-refractivity contribution is 1.28. The van der Waals surface area contributed by atoms with E-state index < -0.39 is 0 Å². The summed E-state index contributed by atoms with van der Waals surface area (Å²) in [6, 6.07) is 90.0. The number of rotatable bonds is 9. The van der Waals surface area contributed by atoms with E-state index in [1.54, 1.807) is 0 Å². The summed E-state index contributed by atoms with van der Waals surface area (Å²) in [5, 5.41) is 2.49. The minimum atomic E-state index is 1.09. The Kier molecular flexibility index (Phi) is 9.68. The zero-order valence-corrected chi connectivity index (χ0v) is 32.6. The summed E-state index contributed by atoms with van der Waals surface area (Å²) in [7, 11) is 0. The Morgan fingerprint density at radius 1 is 0.220 bits per heavy atom. The summed E-state index contributed by atoms with van der Waals surface area (Å²) >= 11 is 0. The van der Waals surface area contributed by atoms with E-state index in [0.29, 0.717) is 0 Å². The summed E-state index contributed by atoms with van der Waals surface area (Å²) in [4.78, 5) is 2.39. The van der Waals surface area contributed by atoms with Gasteiger partial charge in [-0.1, -0.05) is 194 Å². The van der Waals surface area contributed by atoms with Crippen molar-refractivity contribution in [1.82, 2.24) is 0 Å². The van der Waals surface area contributed by atoms with Gasteiger partial charge in [0.1, 0.15) is 0 Å². The SMILES string of the molecule is c1ccc(-c2cc(-c3ccccc3)c(-c3ccc(N(c4ccccc4)c4ccc(-c5ccc6ccccc6c5)cc4)c(-c4ccccc4)c3)c(-c3ccccc3)c2)cc1. The smallest absolute Gasteiger partial charge is 0.0540 e. The van der Waals surface area contributed by atoms with Crippen molar-refractivity contribution in [3.63, 3.8) is 0 Å². The molecule has 0 spiro atoms. The van der Waals surface area contributed by atoms with Crippen molar-refractivity contribution in [2.45, 2.75) is 0 Å². The second-order valence-corrected chi connectivity index (χ2v) is 14.9. The van der Waals surface area contributed by atoms with E-state index in [9.17, 15) is 0 Å². The third-order valence-corrected chi connectivity index (χ3v) is 11.2. The van der Waals surface area contributed by atoms with Crippen molar-refractivity contribution in [2.24, 2.45) is 0 Å². The Balaban J connectivity index is 1.18. The first kappa shape index (κ1) is 35.7.